The van der Waals surface area contributed by atoms with Crippen molar-refractivity contribution >= 4 is 41.3 Å². The van der Waals surface area contributed by atoms with Gasteiger partial charge in [0.15, 0.2) is 5.96 Å². The van der Waals surface area contributed by atoms with Crippen LogP contribution >= 0.6 is 35.3 Å². The minimum atomic E-state index is 0. The van der Waals surface area contributed by atoms with E-state index in [4.69, 9.17) is 4.74 Å². The maximum Gasteiger partial charge on any atom is 0.191 e. The van der Waals surface area contributed by atoms with Gasteiger partial charge in [0.2, 0.25) is 0 Å². The molecule has 1 aliphatic rings. The fraction of sp³-hybridized carbons (Fsp3) is 0.765. The van der Waals surface area contributed by atoms with Gasteiger partial charge in [-0.1, -0.05) is 20.3 Å². The lowest BCUT2D eigenvalue weighted by atomic mass is 9.67. The SMILES string of the molecule is CN=C(NCc1nc(C(C)C)cs1)NCC1(CCOC)CCC1.I. The molecule has 0 aliphatic heterocycles. The Kier molecular flexibility index (Phi) is 9.51. The lowest BCUT2D eigenvalue weighted by molar-refractivity contribution is 0.0732. The molecule has 1 aromatic heterocycles. The highest BCUT2D eigenvalue weighted by molar-refractivity contribution is 14.0. The van der Waals surface area contributed by atoms with Crippen molar-refractivity contribution in [1.29, 1.82) is 0 Å². The fourth-order valence-corrected chi connectivity index (χ4v) is 3.73. The zero-order valence-electron chi connectivity index (χ0n) is 15.2. The maximum atomic E-state index is 5.25. The van der Waals surface area contributed by atoms with Gasteiger partial charge in [0.1, 0.15) is 5.01 Å². The summed E-state index contributed by atoms with van der Waals surface area (Å²) in [7, 11) is 3.60. The van der Waals surface area contributed by atoms with Crippen LogP contribution in [0.1, 0.15) is 56.2 Å². The van der Waals surface area contributed by atoms with E-state index in [1.54, 1.807) is 18.4 Å². The normalized spacial score (nSPS) is 16.5. The topological polar surface area (TPSA) is 58.5 Å². The molecular weight excluding hydrogens is 435 g/mol. The molecule has 0 unspecified atom stereocenters. The average Bonchev–Trinajstić information content (AvgIpc) is 2.98. The van der Waals surface area contributed by atoms with E-state index in [0.29, 0.717) is 11.3 Å². The van der Waals surface area contributed by atoms with Gasteiger partial charge in [0, 0.05) is 32.7 Å². The first-order chi connectivity index (χ1) is 11.1. The standard InChI is InChI=1S/C17H30N4OS.HI/c1-13(2)14-11-23-15(21-14)10-19-16(18-3)20-12-17(6-5-7-17)8-9-22-4;/h11,13H,5-10,12H2,1-4H3,(H2,18,19,20);1H. The van der Waals surface area contributed by atoms with Crippen LogP contribution in [0.5, 0.6) is 0 Å². The van der Waals surface area contributed by atoms with Gasteiger partial charge in [0.25, 0.3) is 0 Å². The molecular formula is C17H31IN4OS. The van der Waals surface area contributed by atoms with Crippen LogP contribution in [0.15, 0.2) is 10.4 Å². The van der Waals surface area contributed by atoms with Crippen molar-refractivity contribution in [2.24, 2.45) is 10.4 Å². The number of nitrogens with one attached hydrogen (secondary N) is 2. The quantitative estimate of drug-likeness (QED) is 0.348. The largest absolute Gasteiger partial charge is 0.385 e. The Morgan fingerprint density at radius 1 is 1.42 bits per heavy atom. The van der Waals surface area contributed by atoms with Crippen molar-refractivity contribution in [3.63, 3.8) is 0 Å². The zero-order valence-corrected chi connectivity index (χ0v) is 18.4. The number of hydrogen-bond donors (Lipinski definition) is 2. The van der Waals surface area contributed by atoms with Crippen molar-refractivity contribution in [3.05, 3.63) is 16.1 Å². The molecule has 0 radical (unpaired) electrons. The van der Waals surface area contributed by atoms with Gasteiger partial charge < -0.3 is 15.4 Å². The number of ether oxygens (including phenoxy) is 1. The molecule has 7 heteroatoms. The lowest BCUT2D eigenvalue weighted by Gasteiger charge is -2.42. The van der Waals surface area contributed by atoms with E-state index in [-0.39, 0.29) is 24.0 Å². The van der Waals surface area contributed by atoms with Gasteiger partial charge >= 0.3 is 0 Å². The van der Waals surface area contributed by atoms with E-state index in [1.807, 2.05) is 7.05 Å². The Morgan fingerprint density at radius 3 is 2.67 bits per heavy atom. The van der Waals surface area contributed by atoms with Crippen LogP contribution in [0.25, 0.3) is 0 Å². The summed E-state index contributed by atoms with van der Waals surface area (Å²) in [6.45, 7) is 6.87. The van der Waals surface area contributed by atoms with E-state index >= 15 is 0 Å². The summed E-state index contributed by atoms with van der Waals surface area (Å²) in [5, 5.41) is 10.1. The zero-order chi connectivity index (χ0) is 16.7. The molecule has 1 saturated carbocycles. The Morgan fingerprint density at radius 2 is 2.17 bits per heavy atom. The number of aliphatic imine (C=N–C) groups is 1. The number of methoxy groups -OCH3 is 1. The number of hydrogen-bond acceptors (Lipinski definition) is 4. The predicted molar refractivity (Wildman–Crippen MR) is 113 cm³/mol. The summed E-state index contributed by atoms with van der Waals surface area (Å²) in [5.74, 6) is 1.34. The third-order valence-corrected chi connectivity index (χ3v) is 5.54. The Hall–Kier alpha value is -0.410. The molecule has 24 heavy (non-hydrogen) atoms. The maximum absolute atomic E-state index is 5.25. The van der Waals surface area contributed by atoms with Gasteiger partial charge in [-0.3, -0.25) is 4.99 Å². The van der Waals surface area contributed by atoms with E-state index in [9.17, 15) is 0 Å². The van der Waals surface area contributed by atoms with E-state index < -0.39 is 0 Å². The highest BCUT2D eigenvalue weighted by Crippen LogP contribution is 2.43. The molecule has 0 spiro atoms. The number of rotatable bonds is 8. The van der Waals surface area contributed by atoms with Crippen molar-refractivity contribution in [2.45, 2.75) is 52.0 Å². The van der Waals surface area contributed by atoms with Gasteiger partial charge in [0.05, 0.1) is 12.2 Å². The summed E-state index contributed by atoms with van der Waals surface area (Å²) in [6.07, 6.45) is 5.02. The highest BCUT2D eigenvalue weighted by atomic mass is 127. The van der Waals surface area contributed by atoms with E-state index in [0.717, 1.165) is 37.1 Å². The van der Waals surface area contributed by atoms with Gasteiger partial charge in [-0.05, 0) is 30.6 Å². The van der Waals surface area contributed by atoms with Crippen LogP contribution in [0.2, 0.25) is 0 Å². The first-order valence-electron chi connectivity index (χ1n) is 8.46. The third-order valence-electron chi connectivity index (χ3n) is 4.67. The Labute approximate surface area is 167 Å². The molecule has 0 aromatic carbocycles. The molecule has 1 fully saturated rings. The molecule has 0 bridgehead atoms. The van der Waals surface area contributed by atoms with Crippen LogP contribution in [-0.2, 0) is 11.3 Å². The van der Waals surface area contributed by atoms with Gasteiger partial charge in [-0.2, -0.15) is 0 Å². The van der Waals surface area contributed by atoms with Crippen molar-refractivity contribution in [1.82, 2.24) is 15.6 Å². The van der Waals surface area contributed by atoms with Gasteiger partial charge in [-0.15, -0.1) is 35.3 Å². The number of aromatic nitrogens is 1. The summed E-state index contributed by atoms with van der Waals surface area (Å²) >= 11 is 1.71. The van der Waals surface area contributed by atoms with E-state index in [1.165, 1.54) is 25.0 Å². The molecule has 2 rings (SSSR count). The molecule has 1 aliphatic carbocycles. The van der Waals surface area contributed by atoms with Crippen molar-refractivity contribution in [3.8, 4) is 0 Å². The predicted octanol–water partition coefficient (Wildman–Crippen LogP) is 3.76. The Balaban J connectivity index is 0.00000288. The molecule has 1 heterocycles. The lowest BCUT2D eigenvalue weighted by Crippen LogP contribution is -2.46. The number of halogens is 1. The minimum absolute atomic E-state index is 0. The molecule has 0 amide bonds. The summed E-state index contributed by atoms with van der Waals surface area (Å²) in [6, 6.07) is 0. The second-order valence-electron chi connectivity index (χ2n) is 6.70. The molecule has 138 valence electrons. The fourth-order valence-electron chi connectivity index (χ4n) is 2.83. The summed E-state index contributed by atoms with van der Waals surface area (Å²) in [5.41, 5.74) is 1.56. The molecule has 5 nitrogen and oxygen atoms in total. The molecule has 0 saturated heterocycles. The number of thiazole rings is 1. The highest BCUT2D eigenvalue weighted by Gasteiger charge is 2.36. The first-order valence-corrected chi connectivity index (χ1v) is 9.34. The summed E-state index contributed by atoms with van der Waals surface area (Å²) < 4.78 is 5.25. The number of guanidine groups is 1. The summed E-state index contributed by atoms with van der Waals surface area (Å²) in [4.78, 5) is 8.98. The molecule has 0 atom stereocenters. The van der Waals surface area contributed by atoms with Crippen LogP contribution in [0.3, 0.4) is 0 Å². The van der Waals surface area contributed by atoms with E-state index in [2.05, 4.69) is 39.8 Å². The van der Waals surface area contributed by atoms with Crippen molar-refractivity contribution in [2.75, 3.05) is 27.3 Å². The van der Waals surface area contributed by atoms with Crippen LogP contribution in [-0.4, -0.2) is 38.3 Å². The smallest absolute Gasteiger partial charge is 0.191 e. The van der Waals surface area contributed by atoms with Gasteiger partial charge in [-0.25, -0.2) is 4.98 Å². The average molecular weight is 466 g/mol. The number of nitrogens with zero attached hydrogens (tertiary/aromatic N) is 2. The van der Waals surface area contributed by atoms with Crippen LogP contribution < -0.4 is 10.6 Å². The molecule has 2 N–H and O–H groups in total. The van der Waals surface area contributed by atoms with Crippen LogP contribution in [0.4, 0.5) is 0 Å². The third kappa shape index (κ3) is 6.15. The minimum Gasteiger partial charge on any atom is -0.385 e. The second-order valence-corrected chi connectivity index (χ2v) is 7.64. The van der Waals surface area contributed by atoms with Crippen LogP contribution in [0, 0.1) is 5.41 Å². The monoisotopic (exact) mass is 466 g/mol. The molecule has 1 aromatic rings. The second kappa shape index (κ2) is 10.6. The van der Waals surface area contributed by atoms with Crippen molar-refractivity contribution < 1.29 is 4.74 Å². The first kappa shape index (κ1) is 21.6. The Bertz CT molecular complexity index is 514.